The molecule has 0 radical (unpaired) electrons. The molecule has 1 aromatic carbocycles. The second-order valence-corrected chi connectivity index (χ2v) is 4.01. The molecule has 1 heterocycles. The van der Waals surface area contributed by atoms with E-state index in [0.29, 0.717) is 5.75 Å². The molecule has 0 atom stereocenters. The number of para-hydroxylation sites is 1. The minimum atomic E-state index is -1.41. The third-order valence-corrected chi connectivity index (χ3v) is 2.70. The number of benzene rings is 1. The number of aromatic nitrogens is 1. The maximum Gasteiger partial charge on any atom is 0.267 e. The Labute approximate surface area is 114 Å². The molecule has 1 aromatic heterocycles. The first-order valence-electron chi connectivity index (χ1n) is 5.95. The van der Waals surface area contributed by atoms with Crippen molar-refractivity contribution in [2.75, 3.05) is 0 Å². The van der Waals surface area contributed by atoms with E-state index < -0.39 is 17.7 Å². The number of hydrogen-bond donors (Lipinski definition) is 1. The van der Waals surface area contributed by atoms with E-state index in [1.807, 2.05) is 0 Å². The topological polar surface area (TPSA) is 65.2 Å². The maximum absolute atomic E-state index is 13.9. The summed E-state index contributed by atoms with van der Waals surface area (Å²) in [6, 6.07) is 8.30. The normalized spacial score (nSPS) is 10.3. The fourth-order valence-corrected chi connectivity index (χ4v) is 1.79. The first-order valence-corrected chi connectivity index (χ1v) is 5.95. The van der Waals surface area contributed by atoms with Crippen LogP contribution in [0.1, 0.15) is 23.0 Å². The van der Waals surface area contributed by atoms with Gasteiger partial charge in [0.25, 0.3) is 11.9 Å². The van der Waals surface area contributed by atoms with Gasteiger partial charge in [-0.3, -0.25) is 4.79 Å². The number of primary amides is 1. The Morgan fingerprint density at radius 1 is 1.30 bits per heavy atom. The Morgan fingerprint density at radius 2 is 1.95 bits per heavy atom. The standard InChI is InChI=1S/C14H12F2N2O2/c1-2-9-11(14(17)19)18-13(16)10(15)12(9)20-8-6-4-3-5-7-8/h3-7H,2H2,1H3,(H2,17,19). The van der Waals surface area contributed by atoms with E-state index in [4.69, 9.17) is 10.5 Å². The fourth-order valence-electron chi connectivity index (χ4n) is 1.79. The average Bonchev–Trinajstić information content (AvgIpc) is 2.44. The molecular formula is C14H12F2N2O2. The third-order valence-electron chi connectivity index (χ3n) is 2.70. The Kier molecular flexibility index (Phi) is 3.93. The fraction of sp³-hybridized carbons (Fsp3) is 0.143. The summed E-state index contributed by atoms with van der Waals surface area (Å²) in [5, 5.41) is 0. The first-order chi connectivity index (χ1) is 9.54. The number of amides is 1. The highest BCUT2D eigenvalue weighted by molar-refractivity contribution is 5.93. The van der Waals surface area contributed by atoms with Gasteiger partial charge in [0.1, 0.15) is 11.4 Å². The molecular weight excluding hydrogens is 266 g/mol. The predicted octanol–water partition coefficient (Wildman–Crippen LogP) is 2.81. The number of hydrogen-bond acceptors (Lipinski definition) is 3. The molecule has 0 aliphatic heterocycles. The van der Waals surface area contributed by atoms with E-state index >= 15 is 0 Å². The zero-order valence-corrected chi connectivity index (χ0v) is 10.7. The summed E-state index contributed by atoms with van der Waals surface area (Å²) >= 11 is 0. The zero-order chi connectivity index (χ0) is 14.7. The van der Waals surface area contributed by atoms with Gasteiger partial charge in [0.05, 0.1) is 0 Å². The van der Waals surface area contributed by atoms with E-state index in [0.717, 1.165) is 0 Å². The summed E-state index contributed by atoms with van der Waals surface area (Å²) in [5.74, 6) is -3.63. The van der Waals surface area contributed by atoms with Crippen LogP contribution in [0.4, 0.5) is 8.78 Å². The van der Waals surface area contributed by atoms with E-state index in [1.165, 1.54) is 0 Å². The molecule has 0 saturated heterocycles. The van der Waals surface area contributed by atoms with Gasteiger partial charge in [0.15, 0.2) is 5.75 Å². The number of ether oxygens (including phenoxy) is 1. The van der Waals surface area contributed by atoms with Crippen LogP contribution in [0.5, 0.6) is 11.5 Å². The Morgan fingerprint density at radius 3 is 2.50 bits per heavy atom. The molecule has 20 heavy (non-hydrogen) atoms. The monoisotopic (exact) mass is 278 g/mol. The van der Waals surface area contributed by atoms with Crippen molar-refractivity contribution in [3.63, 3.8) is 0 Å². The molecule has 0 fully saturated rings. The highest BCUT2D eigenvalue weighted by atomic mass is 19.2. The van der Waals surface area contributed by atoms with Crippen molar-refractivity contribution in [2.45, 2.75) is 13.3 Å². The minimum absolute atomic E-state index is 0.139. The second-order valence-electron chi connectivity index (χ2n) is 4.01. The van der Waals surface area contributed by atoms with Crippen LogP contribution < -0.4 is 10.5 Å². The maximum atomic E-state index is 13.9. The van der Waals surface area contributed by atoms with Gasteiger partial charge in [-0.15, -0.1) is 0 Å². The van der Waals surface area contributed by atoms with Crippen LogP contribution >= 0.6 is 0 Å². The quantitative estimate of drug-likeness (QED) is 0.874. The van der Waals surface area contributed by atoms with Crippen molar-refractivity contribution < 1.29 is 18.3 Å². The summed E-state index contributed by atoms with van der Waals surface area (Å²) in [6.07, 6.45) is 0.227. The van der Waals surface area contributed by atoms with E-state index in [2.05, 4.69) is 4.98 Å². The van der Waals surface area contributed by atoms with Gasteiger partial charge in [-0.25, -0.2) is 4.98 Å². The molecule has 2 rings (SSSR count). The van der Waals surface area contributed by atoms with Crippen LogP contribution in [0.15, 0.2) is 30.3 Å². The summed E-state index contributed by atoms with van der Waals surface area (Å²) < 4.78 is 32.6. The molecule has 1 amide bonds. The van der Waals surface area contributed by atoms with Gasteiger partial charge in [-0.05, 0) is 18.6 Å². The lowest BCUT2D eigenvalue weighted by Crippen LogP contribution is -2.18. The van der Waals surface area contributed by atoms with Crippen LogP contribution in [0.3, 0.4) is 0 Å². The zero-order valence-electron chi connectivity index (χ0n) is 10.7. The SMILES string of the molecule is CCc1c(C(N)=O)nc(F)c(F)c1Oc1ccccc1. The Bertz CT molecular complexity index is 645. The summed E-state index contributed by atoms with van der Waals surface area (Å²) in [6.45, 7) is 1.67. The molecule has 2 aromatic rings. The Hall–Kier alpha value is -2.50. The number of carbonyl (C=O) groups is 1. The Balaban J connectivity index is 2.58. The van der Waals surface area contributed by atoms with Crippen molar-refractivity contribution in [3.8, 4) is 11.5 Å². The van der Waals surface area contributed by atoms with Crippen molar-refractivity contribution in [2.24, 2.45) is 5.73 Å². The van der Waals surface area contributed by atoms with Crippen LogP contribution in [-0.2, 0) is 6.42 Å². The van der Waals surface area contributed by atoms with Crippen LogP contribution in [0, 0.1) is 11.8 Å². The molecule has 6 heteroatoms. The van der Waals surface area contributed by atoms with Crippen LogP contribution in [0.2, 0.25) is 0 Å². The number of rotatable bonds is 4. The molecule has 2 N–H and O–H groups in total. The number of pyridine rings is 1. The van der Waals surface area contributed by atoms with E-state index in [1.54, 1.807) is 37.3 Å². The number of nitrogens with two attached hydrogens (primary N) is 1. The van der Waals surface area contributed by atoms with Gasteiger partial charge >= 0.3 is 0 Å². The van der Waals surface area contributed by atoms with E-state index in [9.17, 15) is 13.6 Å². The predicted molar refractivity (Wildman–Crippen MR) is 68.6 cm³/mol. The number of halogens is 2. The van der Waals surface area contributed by atoms with Crippen molar-refractivity contribution in [1.82, 2.24) is 4.98 Å². The van der Waals surface area contributed by atoms with Crippen LogP contribution in [-0.4, -0.2) is 10.9 Å². The van der Waals surface area contributed by atoms with Gasteiger partial charge in [-0.2, -0.15) is 8.78 Å². The average molecular weight is 278 g/mol. The minimum Gasteiger partial charge on any atom is -0.454 e. The molecule has 0 spiro atoms. The third kappa shape index (κ3) is 2.59. The van der Waals surface area contributed by atoms with Gasteiger partial charge in [0.2, 0.25) is 5.82 Å². The largest absolute Gasteiger partial charge is 0.454 e. The second kappa shape index (κ2) is 5.64. The van der Waals surface area contributed by atoms with Crippen molar-refractivity contribution >= 4 is 5.91 Å². The molecule has 0 unspecified atom stereocenters. The van der Waals surface area contributed by atoms with Crippen molar-refractivity contribution in [3.05, 3.63) is 53.4 Å². The molecule has 0 aliphatic carbocycles. The number of nitrogens with zero attached hydrogens (tertiary/aromatic N) is 1. The van der Waals surface area contributed by atoms with Gasteiger partial charge in [0, 0.05) is 5.56 Å². The van der Waals surface area contributed by atoms with Crippen molar-refractivity contribution in [1.29, 1.82) is 0 Å². The molecule has 104 valence electrons. The highest BCUT2D eigenvalue weighted by Gasteiger charge is 2.23. The van der Waals surface area contributed by atoms with E-state index in [-0.39, 0.29) is 23.4 Å². The lowest BCUT2D eigenvalue weighted by Gasteiger charge is -2.13. The van der Waals surface area contributed by atoms with Crippen LogP contribution in [0.25, 0.3) is 0 Å². The summed E-state index contributed by atoms with van der Waals surface area (Å²) in [7, 11) is 0. The molecule has 0 saturated carbocycles. The highest BCUT2D eigenvalue weighted by Crippen LogP contribution is 2.31. The number of carbonyl (C=O) groups excluding carboxylic acids is 1. The lowest BCUT2D eigenvalue weighted by atomic mass is 10.1. The lowest BCUT2D eigenvalue weighted by molar-refractivity contribution is 0.0992. The molecule has 0 aliphatic rings. The molecule has 4 nitrogen and oxygen atoms in total. The smallest absolute Gasteiger partial charge is 0.267 e. The van der Waals surface area contributed by atoms with Gasteiger partial charge < -0.3 is 10.5 Å². The van der Waals surface area contributed by atoms with Gasteiger partial charge in [-0.1, -0.05) is 25.1 Å². The molecule has 0 bridgehead atoms. The first kappa shape index (κ1) is 13.9. The summed E-state index contributed by atoms with van der Waals surface area (Å²) in [4.78, 5) is 14.5. The summed E-state index contributed by atoms with van der Waals surface area (Å²) in [5.41, 5.74) is 4.94.